The monoisotopic (exact) mass is 586 g/mol. The van der Waals surface area contributed by atoms with Crippen LogP contribution in [0.5, 0.6) is 5.75 Å². The fraction of sp³-hybridized carbons (Fsp3) is 0.176. The van der Waals surface area contributed by atoms with Crippen LogP contribution in [-0.4, -0.2) is 36.0 Å². The van der Waals surface area contributed by atoms with Gasteiger partial charge in [-0.05, 0) is 47.4 Å². The van der Waals surface area contributed by atoms with E-state index in [2.05, 4.69) is 10.5 Å². The number of nitrogens with zero attached hydrogens (tertiary/aromatic N) is 3. The average Bonchev–Trinajstić information content (AvgIpc) is 3.31. The quantitative estimate of drug-likeness (QED) is 0.148. The zero-order valence-corrected chi connectivity index (χ0v) is 23.8. The number of rotatable bonds is 6. The first kappa shape index (κ1) is 27.2. The number of benzene rings is 4. The first-order valence-corrected chi connectivity index (χ1v) is 14.1. The number of carbonyl (C=O) groups is 3. The summed E-state index contributed by atoms with van der Waals surface area (Å²) in [5, 5.41) is 15.7. The summed E-state index contributed by atoms with van der Waals surface area (Å²) < 4.78 is 5.26. The number of imide groups is 1. The van der Waals surface area contributed by atoms with Crippen molar-refractivity contribution in [3.05, 3.63) is 134 Å². The number of non-ortho nitro benzene ring substituents is 1. The summed E-state index contributed by atoms with van der Waals surface area (Å²) >= 11 is 0. The molecule has 1 fully saturated rings. The molecule has 4 aromatic rings. The van der Waals surface area contributed by atoms with Crippen LogP contribution in [0.2, 0.25) is 0 Å². The molecule has 1 N–H and O–H groups in total. The summed E-state index contributed by atoms with van der Waals surface area (Å²) in [4.78, 5) is 54.0. The molecule has 4 aliphatic rings. The van der Waals surface area contributed by atoms with E-state index < -0.39 is 28.1 Å². The molecule has 1 aliphatic heterocycles. The number of anilines is 1. The maximum absolute atomic E-state index is 14.4. The molecule has 2 bridgehead atoms. The molecule has 0 aromatic heterocycles. The molecule has 3 aliphatic carbocycles. The van der Waals surface area contributed by atoms with Crippen LogP contribution >= 0.6 is 0 Å². The van der Waals surface area contributed by atoms with Gasteiger partial charge in [0.1, 0.15) is 5.75 Å². The van der Waals surface area contributed by atoms with Gasteiger partial charge in [-0.3, -0.25) is 24.5 Å². The van der Waals surface area contributed by atoms with Crippen molar-refractivity contribution >= 4 is 35.3 Å². The number of aryl methyl sites for hydroxylation is 1. The molecule has 4 aromatic carbocycles. The highest BCUT2D eigenvalue weighted by molar-refractivity contribution is 6.25. The molecular formula is C34H26N4O6. The Bertz CT molecular complexity index is 1870. The van der Waals surface area contributed by atoms with Gasteiger partial charge in [0.05, 0.1) is 40.5 Å². The fourth-order valence-electron chi connectivity index (χ4n) is 7.24. The van der Waals surface area contributed by atoms with Gasteiger partial charge >= 0.3 is 0 Å². The minimum absolute atomic E-state index is 0.0694. The Kier molecular flexibility index (Phi) is 6.17. The van der Waals surface area contributed by atoms with Crippen LogP contribution in [0.25, 0.3) is 0 Å². The number of methoxy groups -OCH3 is 1. The molecule has 2 atom stereocenters. The summed E-state index contributed by atoms with van der Waals surface area (Å²) in [7, 11) is 1.36. The standard InChI is InChI=1S/C34H26N4O6/c1-19-11-13-20(14-12-19)37-32(40)29-28-22-7-3-5-9-25(22)34(30(29)33(37)41,26-10-6-4-8-23(26)28)18-35-36-31(39)24-17-21(38(42)43)15-16-27(24)44-2/h3-18,28-30H,1-2H3,(H,36,39)/b35-18-/t28?,29-,30-,34?/m1/s1. The highest BCUT2D eigenvalue weighted by Crippen LogP contribution is 2.63. The lowest BCUT2D eigenvalue weighted by Crippen LogP contribution is -2.54. The molecule has 8 rings (SSSR count). The molecule has 1 heterocycles. The van der Waals surface area contributed by atoms with Crippen molar-refractivity contribution < 1.29 is 24.0 Å². The van der Waals surface area contributed by atoms with E-state index in [1.165, 1.54) is 24.1 Å². The summed E-state index contributed by atoms with van der Waals surface area (Å²) in [6.07, 6.45) is 1.54. The minimum Gasteiger partial charge on any atom is -0.496 e. The van der Waals surface area contributed by atoms with Crippen LogP contribution < -0.4 is 15.1 Å². The van der Waals surface area contributed by atoms with E-state index in [0.29, 0.717) is 5.69 Å². The van der Waals surface area contributed by atoms with Gasteiger partial charge in [0.2, 0.25) is 11.8 Å². The Morgan fingerprint density at radius 2 is 1.59 bits per heavy atom. The maximum Gasteiger partial charge on any atom is 0.275 e. The van der Waals surface area contributed by atoms with E-state index >= 15 is 0 Å². The summed E-state index contributed by atoms with van der Waals surface area (Å²) in [5.74, 6) is -3.04. The molecule has 10 nitrogen and oxygen atoms in total. The van der Waals surface area contributed by atoms with E-state index in [4.69, 9.17) is 4.74 Å². The molecule has 1 saturated heterocycles. The van der Waals surface area contributed by atoms with Crippen molar-refractivity contribution in [2.24, 2.45) is 16.9 Å². The predicted molar refractivity (Wildman–Crippen MR) is 162 cm³/mol. The van der Waals surface area contributed by atoms with Crippen molar-refractivity contribution in [2.75, 3.05) is 12.0 Å². The van der Waals surface area contributed by atoms with Gasteiger partial charge in [-0.25, -0.2) is 10.3 Å². The Morgan fingerprint density at radius 1 is 0.955 bits per heavy atom. The smallest absolute Gasteiger partial charge is 0.275 e. The Balaban J connectivity index is 1.37. The first-order valence-electron chi connectivity index (χ1n) is 14.1. The topological polar surface area (TPSA) is 131 Å². The number of ether oxygens (including phenoxy) is 1. The average molecular weight is 587 g/mol. The molecule has 3 amide bonds. The molecule has 44 heavy (non-hydrogen) atoms. The highest BCUT2D eigenvalue weighted by Gasteiger charge is 2.68. The van der Waals surface area contributed by atoms with Crippen LogP contribution in [0.15, 0.2) is 96.1 Å². The molecule has 218 valence electrons. The van der Waals surface area contributed by atoms with Gasteiger partial charge in [-0.1, -0.05) is 66.2 Å². The van der Waals surface area contributed by atoms with E-state index in [9.17, 15) is 24.5 Å². The largest absolute Gasteiger partial charge is 0.496 e. The molecule has 10 heteroatoms. The third kappa shape index (κ3) is 3.73. The fourth-order valence-corrected chi connectivity index (χ4v) is 7.24. The second kappa shape index (κ2) is 9.98. The zero-order valence-electron chi connectivity index (χ0n) is 23.8. The van der Waals surface area contributed by atoms with Gasteiger partial charge in [-0.2, -0.15) is 5.10 Å². The summed E-state index contributed by atoms with van der Waals surface area (Å²) in [6.45, 7) is 1.94. The SMILES string of the molecule is COc1ccc([N+](=O)[O-])cc1C(=O)N/N=C\C12c3ccccc3C(c3ccccc31)[C@H]1C(=O)N(c3ccc(C)cc3)C(=O)[C@@H]12. The number of hydrazone groups is 1. The third-order valence-corrected chi connectivity index (χ3v) is 9.05. The van der Waals surface area contributed by atoms with Gasteiger partial charge in [-0.15, -0.1) is 0 Å². The molecule has 0 spiro atoms. The minimum atomic E-state index is -1.18. The van der Waals surface area contributed by atoms with Crippen LogP contribution in [-0.2, 0) is 15.0 Å². The second-order valence-electron chi connectivity index (χ2n) is 11.2. The summed E-state index contributed by atoms with van der Waals surface area (Å²) in [5.41, 5.74) is 6.01. The Labute approximate surface area is 252 Å². The van der Waals surface area contributed by atoms with Crippen LogP contribution in [0.3, 0.4) is 0 Å². The Hall–Kier alpha value is -5.64. The second-order valence-corrected chi connectivity index (χ2v) is 11.2. The number of nitro groups is 1. The van der Waals surface area contributed by atoms with Crippen LogP contribution in [0.4, 0.5) is 11.4 Å². The van der Waals surface area contributed by atoms with E-state index in [0.717, 1.165) is 33.9 Å². The van der Waals surface area contributed by atoms with Gasteiger partial charge in [0.15, 0.2) is 0 Å². The van der Waals surface area contributed by atoms with E-state index in [-0.39, 0.29) is 34.7 Å². The third-order valence-electron chi connectivity index (χ3n) is 9.05. The number of nitrogens with one attached hydrogen (secondary N) is 1. The lowest BCUT2D eigenvalue weighted by molar-refractivity contribution is -0.384. The van der Waals surface area contributed by atoms with Crippen molar-refractivity contribution in [2.45, 2.75) is 18.3 Å². The first-order chi connectivity index (χ1) is 21.3. The number of hydrogen-bond donors (Lipinski definition) is 1. The van der Waals surface area contributed by atoms with E-state index in [1.54, 1.807) is 18.3 Å². The highest BCUT2D eigenvalue weighted by atomic mass is 16.6. The van der Waals surface area contributed by atoms with Gasteiger partial charge < -0.3 is 4.74 Å². The lowest BCUT2D eigenvalue weighted by atomic mass is 9.47. The van der Waals surface area contributed by atoms with Crippen molar-refractivity contribution in [1.29, 1.82) is 0 Å². The van der Waals surface area contributed by atoms with Crippen molar-refractivity contribution in [3.8, 4) is 5.75 Å². The molecular weight excluding hydrogens is 560 g/mol. The normalized spacial score (nSPS) is 22.9. The number of amides is 3. The zero-order chi connectivity index (χ0) is 30.7. The lowest BCUT2D eigenvalue weighted by Gasteiger charge is -2.52. The molecule has 0 saturated carbocycles. The summed E-state index contributed by atoms with van der Waals surface area (Å²) in [6, 6.07) is 26.4. The molecule has 0 unspecified atom stereocenters. The molecule has 0 radical (unpaired) electrons. The number of carbonyl (C=O) groups excluding carboxylic acids is 3. The van der Waals surface area contributed by atoms with E-state index in [1.807, 2.05) is 67.6 Å². The predicted octanol–water partition coefficient (Wildman–Crippen LogP) is 4.88. The Morgan fingerprint density at radius 3 is 2.20 bits per heavy atom. The van der Waals surface area contributed by atoms with Crippen LogP contribution in [0, 0.1) is 28.9 Å². The van der Waals surface area contributed by atoms with Crippen molar-refractivity contribution in [3.63, 3.8) is 0 Å². The van der Waals surface area contributed by atoms with Crippen LogP contribution in [0.1, 0.15) is 44.1 Å². The van der Waals surface area contributed by atoms with Crippen molar-refractivity contribution in [1.82, 2.24) is 5.43 Å². The number of nitro benzene ring substituents is 1. The number of hydrogen-bond acceptors (Lipinski definition) is 7. The van der Waals surface area contributed by atoms with Gasteiger partial charge in [0.25, 0.3) is 11.6 Å². The maximum atomic E-state index is 14.4. The van der Waals surface area contributed by atoms with Gasteiger partial charge in [0, 0.05) is 24.3 Å².